The van der Waals surface area contributed by atoms with Gasteiger partial charge in [-0.1, -0.05) is 30.7 Å². The van der Waals surface area contributed by atoms with Crippen LogP contribution in [0.5, 0.6) is 0 Å². The summed E-state index contributed by atoms with van der Waals surface area (Å²) in [6.45, 7) is 1.10. The van der Waals surface area contributed by atoms with Crippen LogP contribution >= 0.6 is 0 Å². The molecule has 0 amide bonds. The summed E-state index contributed by atoms with van der Waals surface area (Å²) in [5, 5.41) is 3.52. The summed E-state index contributed by atoms with van der Waals surface area (Å²) in [4.78, 5) is 0. The highest BCUT2D eigenvalue weighted by atomic mass is 32.2. The number of nitrogens with one attached hydrogen (secondary N) is 1. The number of hydrogen-bond donors (Lipinski definition) is 1. The van der Waals surface area contributed by atoms with Crippen molar-refractivity contribution in [1.82, 2.24) is 5.32 Å². The van der Waals surface area contributed by atoms with E-state index in [0.29, 0.717) is 12.5 Å². The normalized spacial score (nSPS) is 20.8. The fraction of sp³-hybridized carbons (Fsp3) is 0.571. The van der Waals surface area contributed by atoms with Crippen molar-refractivity contribution in [3.05, 3.63) is 35.4 Å². The van der Waals surface area contributed by atoms with Gasteiger partial charge in [-0.3, -0.25) is 0 Å². The Labute approximate surface area is 110 Å². The van der Waals surface area contributed by atoms with Gasteiger partial charge in [-0.2, -0.15) is 0 Å². The Bertz CT molecular complexity index is 473. The van der Waals surface area contributed by atoms with Crippen LogP contribution in [0.25, 0.3) is 0 Å². The molecule has 1 aromatic carbocycles. The van der Waals surface area contributed by atoms with E-state index in [1.807, 2.05) is 0 Å². The molecule has 0 aliphatic carbocycles. The summed E-state index contributed by atoms with van der Waals surface area (Å²) >= 11 is 0. The third kappa shape index (κ3) is 4.10. The standard InChI is InChI=1S/C14H21NO2S/c1-18(16,17)11-9-12-5-7-13(8-6-12)14-4-2-3-10-15-14/h5-8,14-15H,2-4,9-11H2,1H3. The van der Waals surface area contributed by atoms with E-state index in [0.717, 1.165) is 12.1 Å². The fourth-order valence-corrected chi connectivity index (χ4v) is 2.96. The lowest BCUT2D eigenvalue weighted by Gasteiger charge is -2.23. The number of rotatable bonds is 4. The van der Waals surface area contributed by atoms with E-state index < -0.39 is 9.84 Å². The molecule has 3 nitrogen and oxygen atoms in total. The van der Waals surface area contributed by atoms with Gasteiger partial charge in [0.1, 0.15) is 9.84 Å². The van der Waals surface area contributed by atoms with Crippen molar-refractivity contribution < 1.29 is 8.42 Å². The number of piperidine rings is 1. The minimum atomic E-state index is -2.87. The van der Waals surface area contributed by atoms with Crippen LogP contribution in [-0.2, 0) is 16.3 Å². The number of benzene rings is 1. The molecule has 18 heavy (non-hydrogen) atoms. The van der Waals surface area contributed by atoms with Crippen LogP contribution in [0.3, 0.4) is 0 Å². The van der Waals surface area contributed by atoms with Crippen LogP contribution in [0, 0.1) is 0 Å². The molecule has 1 aromatic rings. The lowest BCUT2D eigenvalue weighted by molar-refractivity contribution is 0.412. The first-order valence-corrected chi connectivity index (χ1v) is 8.60. The van der Waals surface area contributed by atoms with Crippen LogP contribution < -0.4 is 5.32 Å². The van der Waals surface area contributed by atoms with E-state index in [1.54, 1.807) is 0 Å². The second kappa shape index (κ2) is 5.85. The molecule has 100 valence electrons. The average molecular weight is 267 g/mol. The third-order valence-corrected chi connectivity index (χ3v) is 4.40. The van der Waals surface area contributed by atoms with E-state index in [-0.39, 0.29) is 5.75 Å². The molecule has 0 saturated carbocycles. The summed E-state index contributed by atoms with van der Waals surface area (Å²) in [5.74, 6) is 0.230. The topological polar surface area (TPSA) is 46.2 Å². The molecule has 1 fully saturated rings. The van der Waals surface area contributed by atoms with Crippen LogP contribution in [0.15, 0.2) is 24.3 Å². The molecule has 1 N–H and O–H groups in total. The third-order valence-electron chi connectivity index (χ3n) is 3.45. The predicted octanol–water partition coefficient (Wildman–Crippen LogP) is 2.09. The van der Waals surface area contributed by atoms with Crippen molar-refractivity contribution >= 4 is 9.84 Å². The van der Waals surface area contributed by atoms with E-state index in [9.17, 15) is 8.42 Å². The van der Waals surface area contributed by atoms with Gasteiger partial charge in [-0.05, 0) is 36.9 Å². The summed E-state index contributed by atoms with van der Waals surface area (Å²) in [5.41, 5.74) is 2.41. The summed E-state index contributed by atoms with van der Waals surface area (Å²) in [6, 6.07) is 8.83. The Balaban J connectivity index is 1.96. The maximum absolute atomic E-state index is 11.1. The molecule has 1 aliphatic rings. The van der Waals surface area contributed by atoms with Gasteiger partial charge in [0, 0.05) is 12.3 Å². The van der Waals surface area contributed by atoms with Crippen LogP contribution in [0.2, 0.25) is 0 Å². The van der Waals surface area contributed by atoms with Crippen molar-refractivity contribution in [3.63, 3.8) is 0 Å². The highest BCUT2D eigenvalue weighted by Gasteiger charge is 2.14. The zero-order valence-electron chi connectivity index (χ0n) is 10.9. The molecule has 0 radical (unpaired) electrons. The lowest BCUT2D eigenvalue weighted by atomic mass is 9.96. The molecule has 1 aliphatic heterocycles. The number of hydrogen-bond acceptors (Lipinski definition) is 3. The van der Waals surface area contributed by atoms with Crippen molar-refractivity contribution in [3.8, 4) is 0 Å². The second-order valence-electron chi connectivity index (χ2n) is 5.12. The lowest BCUT2D eigenvalue weighted by Crippen LogP contribution is -2.26. The fourth-order valence-electron chi connectivity index (χ4n) is 2.36. The largest absolute Gasteiger partial charge is 0.310 e. The minimum absolute atomic E-state index is 0.230. The molecule has 4 heteroatoms. The van der Waals surface area contributed by atoms with E-state index in [4.69, 9.17) is 0 Å². The summed E-state index contributed by atoms with van der Waals surface area (Å²) in [6.07, 6.45) is 5.64. The molecule has 1 unspecified atom stereocenters. The van der Waals surface area contributed by atoms with E-state index in [2.05, 4.69) is 29.6 Å². The summed E-state index contributed by atoms with van der Waals surface area (Å²) in [7, 11) is -2.87. The van der Waals surface area contributed by atoms with E-state index >= 15 is 0 Å². The molecule has 1 atom stereocenters. The highest BCUT2D eigenvalue weighted by Crippen LogP contribution is 2.23. The first-order chi connectivity index (χ1) is 8.54. The SMILES string of the molecule is CS(=O)(=O)CCc1ccc(C2CCCCN2)cc1. The number of aryl methyl sites for hydroxylation is 1. The predicted molar refractivity (Wildman–Crippen MR) is 74.5 cm³/mol. The second-order valence-corrected chi connectivity index (χ2v) is 7.38. The van der Waals surface area contributed by atoms with Crippen LogP contribution in [0.4, 0.5) is 0 Å². The monoisotopic (exact) mass is 267 g/mol. The average Bonchev–Trinajstić information content (AvgIpc) is 2.37. The molecule has 0 aromatic heterocycles. The van der Waals surface area contributed by atoms with Gasteiger partial charge in [0.25, 0.3) is 0 Å². The molecular weight excluding hydrogens is 246 g/mol. The van der Waals surface area contributed by atoms with Gasteiger partial charge < -0.3 is 5.32 Å². The zero-order valence-corrected chi connectivity index (χ0v) is 11.7. The minimum Gasteiger partial charge on any atom is -0.310 e. The van der Waals surface area contributed by atoms with Gasteiger partial charge in [-0.15, -0.1) is 0 Å². The van der Waals surface area contributed by atoms with Gasteiger partial charge in [-0.25, -0.2) is 8.42 Å². The van der Waals surface area contributed by atoms with Gasteiger partial charge in [0.2, 0.25) is 0 Å². The Hall–Kier alpha value is -0.870. The maximum Gasteiger partial charge on any atom is 0.147 e. The molecular formula is C14H21NO2S. The van der Waals surface area contributed by atoms with Gasteiger partial charge >= 0.3 is 0 Å². The Morgan fingerprint density at radius 2 is 1.94 bits per heavy atom. The quantitative estimate of drug-likeness (QED) is 0.908. The van der Waals surface area contributed by atoms with Crippen molar-refractivity contribution in [2.24, 2.45) is 0 Å². The summed E-state index contributed by atoms with van der Waals surface area (Å²) < 4.78 is 22.2. The first-order valence-electron chi connectivity index (χ1n) is 6.54. The van der Waals surface area contributed by atoms with Crippen molar-refractivity contribution in [2.75, 3.05) is 18.6 Å². The molecule has 1 saturated heterocycles. The van der Waals surface area contributed by atoms with Crippen LogP contribution in [0.1, 0.15) is 36.4 Å². The Kier molecular flexibility index (Phi) is 4.40. The number of sulfone groups is 1. The smallest absolute Gasteiger partial charge is 0.147 e. The van der Waals surface area contributed by atoms with Gasteiger partial charge in [0.05, 0.1) is 5.75 Å². The molecule has 0 bridgehead atoms. The molecule has 1 heterocycles. The van der Waals surface area contributed by atoms with E-state index in [1.165, 1.54) is 31.1 Å². The molecule has 0 spiro atoms. The maximum atomic E-state index is 11.1. The zero-order chi connectivity index (χ0) is 13.0. The Morgan fingerprint density at radius 3 is 2.50 bits per heavy atom. The van der Waals surface area contributed by atoms with Crippen molar-refractivity contribution in [2.45, 2.75) is 31.7 Å². The highest BCUT2D eigenvalue weighted by molar-refractivity contribution is 7.90. The van der Waals surface area contributed by atoms with Crippen molar-refractivity contribution in [1.29, 1.82) is 0 Å². The first kappa shape index (κ1) is 13.6. The van der Waals surface area contributed by atoms with Crippen LogP contribution in [-0.4, -0.2) is 27.0 Å². The molecule has 2 rings (SSSR count). The van der Waals surface area contributed by atoms with Gasteiger partial charge in [0.15, 0.2) is 0 Å². The Morgan fingerprint density at radius 1 is 1.22 bits per heavy atom.